The molecule has 0 fully saturated rings. The van der Waals surface area contributed by atoms with Crippen molar-refractivity contribution in [2.24, 2.45) is 0 Å². The molecule has 71 valence electrons. The Bertz CT molecular complexity index is 316. The van der Waals surface area contributed by atoms with E-state index in [0.29, 0.717) is 6.85 Å². The fourth-order valence-electron chi connectivity index (χ4n) is 2.09. The highest BCUT2D eigenvalue weighted by atomic mass is 15.1. The molecule has 0 aromatic carbocycles. The topological polar surface area (TPSA) is 8.81 Å². The standard InChI is InChI=1S/C9H18B2N2/c1-7-8(2)13(11(5)6)9(3)12(7)10-4/h1-6H3/q-1. The lowest BCUT2D eigenvalue weighted by molar-refractivity contribution is -0.543. The van der Waals surface area contributed by atoms with E-state index in [4.69, 9.17) is 0 Å². The summed E-state index contributed by atoms with van der Waals surface area (Å²) in [4.78, 5) is 0. The van der Waals surface area contributed by atoms with Gasteiger partial charge in [0.1, 0.15) is 0 Å². The average molecular weight is 176 g/mol. The SMILES string of the molecule is C[B-][n+]1c(C)c(C)n([B-](C)C)c1C. The monoisotopic (exact) mass is 176 g/mol. The van der Waals surface area contributed by atoms with E-state index >= 15 is 0 Å². The van der Waals surface area contributed by atoms with Crippen molar-refractivity contribution < 1.29 is 4.48 Å². The Morgan fingerprint density at radius 1 is 1.23 bits per heavy atom. The van der Waals surface area contributed by atoms with Gasteiger partial charge in [0.25, 0.3) is 0 Å². The molecule has 0 saturated heterocycles. The normalized spacial score (nSPS) is 11.3. The number of hydrogen-bond donors (Lipinski definition) is 0. The first-order chi connectivity index (χ1) is 6.00. The van der Waals surface area contributed by atoms with Gasteiger partial charge in [-0.25, -0.2) is 6.82 Å². The van der Waals surface area contributed by atoms with Crippen molar-refractivity contribution >= 4 is 14.3 Å². The minimum atomic E-state index is 0.542. The van der Waals surface area contributed by atoms with Crippen LogP contribution in [0.25, 0.3) is 0 Å². The van der Waals surface area contributed by atoms with E-state index in [1.165, 1.54) is 17.2 Å². The van der Waals surface area contributed by atoms with E-state index in [0.717, 1.165) is 0 Å². The predicted molar refractivity (Wildman–Crippen MR) is 58.7 cm³/mol. The van der Waals surface area contributed by atoms with Crippen LogP contribution in [-0.4, -0.2) is 18.7 Å². The van der Waals surface area contributed by atoms with Crippen molar-refractivity contribution in [1.29, 1.82) is 0 Å². The summed E-state index contributed by atoms with van der Waals surface area (Å²) in [6.07, 6.45) is 0. The highest BCUT2D eigenvalue weighted by Gasteiger charge is 2.11. The highest BCUT2D eigenvalue weighted by molar-refractivity contribution is 6.54. The minimum absolute atomic E-state index is 0.542. The lowest BCUT2D eigenvalue weighted by Crippen LogP contribution is -2.43. The second kappa shape index (κ2) is 3.60. The van der Waals surface area contributed by atoms with Crippen LogP contribution in [0.2, 0.25) is 20.5 Å². The van der Waals surface area contributed by atoms with Crippen molar-refractivity contribution in [2.75, 3.05) is 0 Å². The van der Waals surface area contributed by atoms with Crippen LogP contribution in [0.15, 0.2) is 0 Å². The summed E-state index contributed by atoms with van der Waals surface area (Å²) in [5.74, 6) is 1.31. The van der Waals surface area contributed by atoms with Crippen LogP contribution in [0.3, 0.4) is 0 Å². The number of rotatable bonds is 2. The Balaban J connectivity index is 3.36. The molecule has 13 heavy (non-hydrogen) atoms. The van der Waals surface area contributed by atoms with E-state index in [-0.39, 0.29) is 0 Å². The lowest BCUT2D eigenvalue weighted by atomic mass is 9.67. The number of imidazole rings is 1. The average Bonchev–Trinajstić information content (AvgIpc) is 2.24. The third kappa shape index (κ3) is 1.54. The van der Waals surface area contributed by atoms with Gasteiger partial charge in [-0.2, -0.15) is 13.6 Å². The molecule has 0 saturated carbocycles. The summed E-state index contributed by atoms with van der Waals surface area (Å²) < 4.78 is 4.62. The summed E-state index contributed by atoms with van der Waals surface area (Å²) in [7, 11) is 2.12. The zero-order valence-electron chi connectivity index (χ0n) is 9.55. The van der Waals surface area contributed by atoms with Crippen LogP contribution in [0.4, 0.5) is 0 Å². The second-order valence-electron chi connectivity index (χ2n) is 3.81. The van der Waals surface area contributed by atoms with Gasteiger partial charge in [-0.3, -0.25) is 0 Å². The van der Waals surface area contributed by atoms with Crippen molar-refractivity contribution in [3.63, 3.8) is 0 Å². The highest BCUT2D eigenvalue weighted by Crippen LogP contribution is 2.07. The van der Waals surface area contributed by atoms with Gasteiger partial charge in [0.05, 0.1) is 18.2 Å². The summed E-state index contributed by atoms with van der Waals surface area (Å²) in [6, 6.07) is 0. The molecule has 3 radical (unpaired) electrons. The van der Waals surface area contributed by atoms with Gasteiger partial charge < -0.3 is 8.96 Å². The molecule has 2 nitrogen and oxygen atoms in total. The van der Waals surface area contributed by atoms with Crippen LogP contribution in [0.1, 0.15) is 17.2 Å². The predicted octanol–water partition coefficient (Wildman–Crippen LogP) is 1.32. The summed E-state index contributed by atoms with van der Waals surface area (Å²) in [5, 5.41) is 0. The molecule has 0 spiro atoms. The lowest BCUT2D eigenvalue weighted by Gasteiger charge is -2.17. The largest absolute Gasteiger partial charge is 0.495 e. The maximum absolute atomic E-state index is 2.37. The van der Waals surface area contributed by atoms with Gasteiger partial charge in [-0.1, -0.05) is 7.41 Å². The first-order valence-electron chi connectivity index (χ1n) is 4.89. The van der Waals surface area contributed by atoms with E-state index < -0.39 is 0 Å². The molecule has 0 atom stereocenters. The molecule has 0 amide bonds. The van der Waals surface area contributed by atoms with Crippen molar-refractivity contribution in [2.45, 2.75) is 41.2 Å². The maximum atomic E-state index is 2.37. The van der Waals surface area contributed by atoms with E-state index in [2.05, 4.69) is 57.6 Å². The quantitative estimate of drug-likeness (QED) is 0.600. The molecule has 0 unspecified atom stereocenters. The fourth-order valence-corrected chi connectivity index (χ4v) is 2.09. The first kappa shape index (κ1) is 10.4. The molecule has 1 aromatic rings. The molecule has 0 N–H and O–H groups in total. The van der Waals surface area contributed by atoms with Gasteiger partial charge in [0.15, 0.2) is 5.82 Å². The van der Waals surface area contributed by atoms with E-state index in [1.54, 1.807) is 0 Å². The molecule has 0 bridgehead atoms. The summed E-state index contributed by atoms with van der Waals surface area (Å²) in [5.41, 5.74) is 2.71. The van der Waals surface area contributed by atoms with Gasteiger partial charge in [0, 0.05) is 6.92 Å². The Labute approximate surface area is 82.3 Å². The number of hydrogen-bond acceptors (Lipinski definition) is 0. The Morgan fingerprint density at radius 3 is 2.00 bits per heavy atom. The molecule has 0 aliphatic heterocycles. The molecule has 0 aliphatic rings. The summed E-state index contributed by atoms with van der Waals surface area (Å²) >= 11 is 0. The van der Waals surface area contributed by atoms with Gasteiger partial charge in [-0.15, -0.1) is 0 Å². The van der Waals surface area contributed by atoms with Gasteiger partial charge in [-0.05, 0) is 13.8 Å². The fraction of sp³-hybridized carbons (Fsp3) is 0.667. The maximum Gasteiger partial charge on any atom is 0.152 e. The molecule has 0 aliphatic carbocycles. The first-order valence-corrected chi connectivity index (χ1v) is 4.89. The Kier molecular flexibility index (Phi) is 2.89. The van der Waals surface area contributed by atoms with E-state index in [1.807, 2.05) is 0 Å². The number of nitrogens with zero attached hydrogens (tertiary/aromatic N) is 2. The van der Waals surface area contributed by atoms with Crippen LogP contribution in [0, 0.1) is 20.8 Å². The molecule has 1 aromatic heterocycles. The molecular weight excluding hydrogens is 158 g/mol. The van der Waals surface area contributed by atoms with Gasteiger partial charge in [0.2, 0.25) is 0 Å². The van der Waals surface area contributed by atoms with Crippen LogP contribution in [-0.2, 0) is 0 Å². The van der Waals surface area contributed by atoms with Crippen LogP contribution < -0.4 is 4.48 Å². The number of aromatic nitrogens is 2. The zero-order chi connectivity index (χ0) is 10.2. The molecular formula is C9H18B2N2-. The Morgan fingerprint density at radius 2 is 1.77 bits per heavy atom. The van der Waals surface area contributed by atoms with Crippen LogP contribution >= 0.6 is 0 Å². The van der Waals surface area contributed by atoms with Crippen molar-refractivity contribution in [3.8, 4) is 0 Å². The zero-order valence-corrected chi connectivity index (χ0v) is 9.55. The Hall–Kier alpha value is -0.660. The second-order valence-corrected chi connectivity index (χ2v) is 3.81. The summed E-state index contributed by atoms with van der Waals surface area (Å²) in [6.45, 7) is 13.6. The molecule has 4 heteroatoms. The van der Waals surface area contributed by atoms with E-state index in [9.17, 15) is 0 Å². The third-order valence-electron chi connectivity index (χ3n) is 2.72. The van der Waals surface area contributed by atoms with Crippen molar-refractivity contribution in [1.82, 2.24) is 4.48 Å². The third-order valence-corrected chi connectivity index (χ3v) is 2.72. The smallest absolute Gasteiger partial charge is 0.152 e. The van der Waals surface area contributed by atoms with Crippen molar-refractivity contribution in [3.05, 3.63) is 17.2 Å². The molecule has 1 rings (SSSR count). The minimum Gasteiger partial charge on any atom is -0.495 e. The van der Waals surface area contributed by atoms with Crippen LogP contribution in [0.5, 0.6) is 0 Å². The van der Waals surface area contributed by atoms with Gasteiger partial charge >= 0.3 is 0 Å². The molecule has 1 heterocycles.